The summed E-state index contributed by atoms with van der Waals surface area (Å²) in [5.74, 6) is 0. The number of para-hydroxylation sites is 2. The van der Waals surface area contributed by atoms with Crippen molar-refractivity contribution in [2.24, 2.45) is 0 Å². The molecule has 0 aliphatic rings. The highest BCUT2D eigenvalue weighted by Crippen LogP contribution is 2.32. The molecule has 0 aromatic heterocycles. The zero-order valence-electron chi connectivity index (χ0n) is 8.53. The summed E-state index contributed by atoms with van der Waals surface area (Å²) in [7, 11) is 0. The number of halogens is 2. The number of alkyl halides is 2. The summed E-state index contributed by atoms with van der Waals surface area (Å²) in [6.45, 7) is 0. The third-order valence-corrected chi connectivity index (χ3v) is 2.72. The van der Waals surface area contributed by atoms with Crippen LogP contribution in [0.4, 0.5) is 11.4 Å². The molecule has 0 atom stereocenters. The molecule has 3 heteroatoms. The normalized spacial score (nSPS) is 10.4. The summed E-state index contributed by atoms with van der Waals surface area (Å²) in [6, 6.07) is 17.7. The first kappa shape index (κ1) is 11.3. The Hall–Kier alpha value is -1.18. The number of benzene rings is 2. The van der Waals surface area contributed by atoms with Crippen LogP contribution in [0, 0.1) is 0 Å². The van der Waals surface area contributed by atoms with Crippen molar-refractivity contribution in [1.29, 1.82) is 0 Å². The maximum Gasteiger partial charge on any atom is 0.134 e. The number of anilines is 2. The molecule has 0 saturated carbocycles. The van der Waals surface area contributed by atoms with Crippen molar-refractivity contribution in [2.75, 3.05) is 5.32 Å². The van der Waals surface area contributed by atoms with Crippen molar-refractivity contribution in [3.8, 4) is 0 Å². The van der Waals surface area contributed by atoms with Gasteiger partial charge in [0.1, 0.15) is 4.84 Å². The quantitative estimate of drug-likeness (QED) is 0.765. The van der Waals surface area contributed by atoms with Gasteiger partial charge in [0.2, 0.25) is 0 Å². The van der Waals surface area contributed by atoms with Gasteiger partial charge < -0.3 is 5.32 Å². The molecule has 1 N–H and O–H groups in total. The van der Waals surface area contributed by atoms with E-state index in [0.717, 1.165) is 16.9 Å². The molecule has 16 heavy (non-hydrogen) atoms. The van der Waals surface area contributed by atoms with Gasteiger partial charge in [-0.25, -0.2) is 0 Å². The lowest BCUT2D eigenvalue weighted by molar-refractivity contribution is 1.34. The summed E-state index contributed by atoms with van der Waals surface area (Å²) in [6.07, 6.45) is 0. The number of hydrogen-bond donors (Lipinski definition) is 1. The van der Waals surface area contributed by atoms with Crippen LogP contribution in [0.2, 0.25) is 0 Å². The Bertz CT molecular complexity index is 454. The van der Waals surface area contributed by atoms with Crippen molar-refractivity contribution in [3.05, 3.63) is 60.2 Å². The molecule has 0 radical (unpaired) electrons. The molecule has 0 spiro atoms. The minimum Gasteiger partial charge on any atom is -0.355 e. The predicted molar refractivity (Wildman–Crippen MR) is 70.6 cm³/mol. The first-order chi connectivity index (χ1) is 7.77. The summed E-state index contributed by atoms with van der Waals surface area (Å²) >= 11 is 11.8. The third-order valence-electron chi connectivity index (χ3n) is 2.25. The highest BCUT2D eigenvalue weighted by molar-refractivity contribution is 6.44. The lowest BCUT2D eigenvalue weighted by atomic mass is 10.2. The second-order valence-corrected chi connectivity index (χ2v) is 4.48. The van der Waals surface area contributed by atoms with Crippen LogP contribution >= 0.6 is 23.2 Å². The smallest absolute Gasteiger partial charge is 0.134 e. The fourth-order valence-electron chi connectivity index (χ4n) is 1.48. The molecule has 0 bridgehead atoms. The van der Waals surface area contributed by atoms with Crippen molar-refractivity contribution in [2.45, 2.75) is 4.84 Å². The second kappa shape index (κ2) is 5.24. The van der Waals surface area contributed by atoms with Gasteiger partial charge in [-0.15, -0.1) is 0 Å². The Balaban J connectivity index is 2.28. The molecular weight excluding hydrogens is 241 g/mol. The van der Waals surface area contributed by atoms with E-state index in [4.69, 9.17) is 23.2 Å². The summed E-state index contributed by atoms with van der Waals surface area (Å²) in [5, 5.41) is 3.28. The molecule has 2 aromatic carbocycles. The van der Waals surface area contributed by atoms with Gasteiger partial charge in [-0.1, -0.05) is 59.6 Å². The maximum atomic E-state index is 5.90. The molecule has 0 fully saturated rings. The van der Waals surface area contributed by atoms with Crippen molar-refractivity contribution >= 4 is 34.6 Å². The molecule has 0 heterocycles. The number of nitrogens with one attached hydrogen (secondary N) is 1. The van der Waals surface area contributed by atoms with Crippen LogP contribution in [-0.4, -0.2) is 0 Å². The summed E-state index contributed by atoms with van der Waals surface area (Å²) < 4.78 is 0. The van der Waals surface area contributed by atoms with Crippen LogP contribution < -0.4 is 5.32 Å². The van der Waals surface area contributed by atoms with E-state index in [1.165, 1.54) is 0 Å². The molecule has 0 amide bonds. The molecule has 0 unspecified atom stereocenters. The average molecular weight is 252 g/mol. The van der Waals surface area contributed by atoms with E-state index >= 15 is 0 Å². The van der Waals surface area contributed by atoms with E-state index in [1.807, 2.05) is 54.6 Å². The molecule has 0 saturated heterocycles. The Morgan fingerprint density at radius 2 is 1.44 bits per heavy atom. The van der Waals surface area contributed by atoms with Crippen LogP contribution in [-0.2, 0) is 0 Å². The lowest BCUT2D eigenvalue weighted by Gasteiger charge is -2.12. The van der Waals surface area contributed by atoms with E-state index in [-0.39, 0.29) is 0 Å². The number of rotatable bonds is 3. The van der Waals surface area contributed by atoms with E-state index in [2.05, 4.69) is 5.32 Å². The van der Waals surface area contributed by atoms with Gasteiger partial charge in [0.15, 0.2) is 0 Å². The Morgan fingerprint density at radius 3 is 2.12 bits per heavy atom. The Labute approximate surface area is 105 Å². The Morgan fingerprint density at radius 1 is 0.812 bits per heavy atom. The molecule has 1 nitrogen and oxygen atoms in total. The summed E-state index contributed by atoms with van der Waals surface area (Å²) in [4.78, 5) is -0.521. The van der Waals surface area contributed by atoms with Gasteiger partial charge in [0, 0.05) is 16.9 Å². The highest BCUT2D eigenvalue weighted by atomic mass is 35.5. The first-order valence-corrected chi connectivity index (χ1v) is 5.84. The lowest BCUT2D eigenvalue weighted by Crippen LogP contribution is -1.95. The Kier molecular flexibility index (Phi) is 3.70. The van der Waals surface area contributed by atoms with Crippen molar-refractivity contribution in [3.63, 3.8) is 0 Å². The maximum absolute atomic E-state index is 5.90. The SMILES string of the molecule is ClC(Cl)c1ccccc1Nc1ccccc1. The van der Waals surface area contributed by atoms with Crippen LogP contribution in [0.25, 0.3) is 0 Å². The molecule has 0 aliphatic carbocycles. The molecule has 0 aliphatic heterocycles. The van der Waals surface area contributed by atoms with Gasteiger partial charge in [-0.3, -0.25) is 0 Å². The van der Waals surface area contributed by atoms with Crippen molar-refractivity contribution < 1.29 is 0 Å². The average Bonchev–Trinajstić information content (AvgIpc) is 2.31. The topological polar surface area (TPSA) is 12.0 Å². The molecule has 2 rings (SSSR count). The summed E-state index contributed by atoms with van der Waals surface area (Å²) in [5.41, 5.74) is 2.84. The monoisotopic (exact) mass is 251 g/mol. The largest absolute Gasteiger partial charge is 0.355 e. The van der Waals surface area contributed by atoms with Gasteiger partial charge in [0.25, 0.3) is 0 Å². The standard InChI is InChI=1S/C13H11Cl2N/c14-13(15)11-8-4-5-9-12(11)16-10-6-2-1-3-7-10/h1-9,13,16H. The van der Waals surface area contributed by atoms with E-state index in [9.17, 15) is 0 Å². The van der Waals surface area contributed by atoms with Gasteiger partial charge in [0.05, 0.1) is 0 Å². The zero-order valence-corrected chi connectivity index (χ0v) is 10.0. The second-order valence-electron chi connectivity index (χ2n) is 3.38. The molecule has 2 aromatic rings. The van der Waals surface area contributed by atoms with Gasteiger partial charge in [-0.05, 0) is 18.2 Å². The van der Waals surface area contributed by atoms with Gasteiger partial charge >= 0.3 is 0 Å². The van der Waals surface area contributed by atoms with E-state index < -0.39 is 4.84 Å². The fraction of sp³-hybridized carbons (Fsp3) is 0.0769. The fourth-order valence-corrected chi connectivity index (χ4v) is 1.86. The zero-order chi connectivity index (χ0) is 11.4. The van der Waals surface area contributed by atoms with Crippen molar-refractivity contribution in [1.82, 2.24) is 0 Å². The first-order valence-electron chi connectivity index (χ1n) is 4.96. The van der Waals surface area contributed by atoms with Crippen LogP contribution in [0.1, 0.15) is 10.4 Å². The molecule has 82 valence electrons. The minimum atomic E-state index is -0.521. The minimum absolute atomic E-state index is 0.521. The highest BCUT2D eigenvalue weighted by Gasteiger charge is 2.08. The van der Waals surface area contributed by atoms with Crippen LogP contribution in [0.5, 0.6) is 0 Å². The van der Waals surface area contributed by atoms with Crippen LogP contribution in [0.3, 0.4) is 0 Å². The predicted octanol–water partition coefficient (Wildman–Crippen LogP) is 4.91. The van der Waals surface area contributed by atoms with Crippen LogP contribution in [0.15, 0.2) is 54.6 Å². The van der Waals surface area contributed by atoms with E-state index in [0.29, 0.717) is 0 Å². The molecular formula is C13H11Cl2N. The van der Waals surface area contributed by atoms with E-state index in [1.54, 1.807) is 0 Å². The number of hydrogen-bond acceptors (Lipinski definition) is 1. The van der Waals surface area contributed by atoms with Gasteiger partial charge in [-0.2, -0.15) is 0 Å². The third kappa shape index (κ3) is 2.69.